The van der Waals surface area contributed by atoms with Gasteiger partial charge in [0.05, 0.1) is 16.0 Å². The van der Waals surface area contributed by atoms with Crippen LogP contribution in [0.15, 0.2) is 48.5 Å². The quantitative estimate of drug-likeness (QED) is 0.562. The molecule has 2 aromatic carbocycles. The number of rotatable bonds is 2. The van der Waals surface area contributed by atoms with Gasteiger partial charge in [0.25, 0.3) is 5.69 Å². The molecule has 3 aromatic rings. The van der Waals surface area contributed by atoms with Crippen molar-refractivity contribution in [3.05, 3.63) is 58.6 Å². The summed E-state index contributed by atoms with van der Waals surface area (Å²) in [6.45, 7) is 0. The highest BCUT2D eigenvalue weighted by atomic mass is 16.6. The summed E-state index contributed by atoms with van der Waals surface area (Å²) in [7, 11) is 0. The molecular weight excluding hydrogens is 244 g/mol. The monoisotopic (exact) mass is 254 g/mol. The van der Waals surface area contributed by atoms with Crippen LogP contribution in [0.2, 0.25) is 0 Å². The van der Waals surface area contributed by atoms with Crippen molar-refractivity contribution in [2.45, 2.75) is 0 Å². The van der Waals surface area contributed by atoms with E-state index in [0.29, 0.717) is 5.95 Å². The van der Waals surface area contributed by atoms with E-state index in [1.165, 1.54) is 12.1 Å². The second-order valence-electron chi connectivity index (χ2n) is 4.07. The van der Waals surface area contributed by atoms with E-state index in [4.69, 9.17) is 5.73 Å². The fourth-order valence-electron chi connectivity index (χ4n) is 2.04. The van der Waals surface area contributed by atoms with Crippen LogP contribution in [0, 0.1) is 10.1 Å². The number of para-hydroxylation sites is 2. The van der Waals surface area contributed by atoms with Crippen molar-refractivity contribution >= 4 is 22.7 Å². The molecule has 1 heterocycles. The van der Waals surface area contributed by atoms with Crippen LogP contribution in [0.4, 0.5) is 11.6 Å². The molecule has 6 heteroatoms. The number of nitro benzene ring substituents is 1. The van der Waals surface area contributed by atoms with Gasteiger partial charge in [-0.25, -0.2) is 4.98 Å². The summed E-state index contributed by atoms with van der Waals surface area (Å²) >= 11 is 0. The van der Waals surface area contributed by atoms with Crippen LogP contribution in [0.3, 0.4) is 0 Å². The first kappa shape index (κ1) is 11.2. The van der Waals surface area contributed by atoms with E-state index in [0.717, 1.165) is 16.7 Å². The normalized spacial score (nSPS) is 10.7. The van der Waals surface area contributed by atoms with Crippen LogP contribution in [-0.4, -0.2) is 14.5 Å². The third-order valence-electron chi connectivity index (χ3n) is 2.91. The third kappa shape index (κ3) is 1.79. The molecule has 1 aromatic heterocycles. The summed E-state index contributed by atoms with van der Waals surface area (Å²) in [5.74, 6) is 0.357. The van der Waals surface area contributed by atoms with Gasteiger partial charge >= 0.3 is 0 Å². The Labute approximate surface area is 108 Å². The fraction of sp³-hybridized carbons (Fsp3) is 0. The zero-order valence-corrected chi connectivity index (χ0v) is 9.85. The summed E-state index contributed by atoms with van der Waals surface area (Å²) in [6, 6.07) is 13.8. The number of non-ortho nitro benzene ring substituents is 1. The Kier molecular flexibility index (Phi) is 2.42. The minimum absolute atomic E-state index is 0.0479. The lowest BCUT2D eigenvalue weighted by Gasteiger charge is -2.05. The maximum Gasteiger partial charge on any atom is 0.269 e. The zero-order valence-electron chi connectivity index (χ0n) is 9.85. The van der Waals surface area contributed by atoms with E-state index in [1.54, 1.807) is 16.7 Å². The Bertz CT molecular complexity index is 762. The highest BCUT2D eigenvalue weighted by molar-refractivity contribution is 5.80. The van der Waals surface area contributed by atoms with Crippen molar-refractivity contribution < 1.29 is 4.92 Å². The number of anilines is 1. The van der Waals surface area contributed by atoms with Gasteiger partial charge in [-0.05, 0) is 24.3 Å². The first-order chi connectivity index (χ1) is 9.16. The smallest absolute Gasteiger partial charge is 0.269 e. The Balaban J connectivity index is 2.18. The number of nitrogens with two attached hydrogens (primary N) is 1. The van der Waals surface area contributed by atoms with Crippen LogP contribution in [0.1, 0.15) is 0 Å². The number of nitrogens with zero attached hydrogens (tertiary/aromatic N) is 3. The molecule has 0 saturated heterocycles. The topological polar surface area (TPSA) is 87.0 Å². The molecule has 0 aliphatic carbocycles. The van der Waals surface area contributed by atoms with Gasteiger partial charge < -0.3 is 5.73 Å². The molecule has 0 radical (unpaired) electrons. The maximum atomic E-state index is 10.6. The van der Waals surface area contributed by atoms with Crippen molar-refractivity contribution in [1.29, 1.82) is 0 Å². The van der Waals surface area contributed by atoms with E-state index in [1.807, 2.05) is 24.3 Å². The fourth-order valence-corrected chi connectivity index (χ4v) is 2.04. The second-order valence-corrected chi connectivity index (χ2v) is 4.07. The predicted molar refractivity (Wildman–Crippen MR) is 72.1 cm³/mol. The maximum absolute atomic E-state index is 10.6. The standard InChI is InChI=1S/C13H10N4O2/c14-13-15-11-3-1-2-4-12(11)16(13)9-5-7-10(8-6-9)17(18)19/h1-8H,(H2,14,15). The van der Waals surface area contributed by atoms with Gasteiger partial charge in [-0.1, -0.05) is 12.1 Å². The van der Waals surface area contributed by atoms with Gasteiger partial charge in [0.1, 0.15) is 0 Å². The number of hydrogen-bond donors (Lipinski definition) is 1. The van der Waals surface area contributed by atoms with Crippen molar-refractivity contribution in [3.63, 3.8) is 0 Å². The van der Waals surface area contributed by atoms with Gasteiger partial charge in [-0.2, -0.15) is 0 Å². The number of nitrogen functional groups attached to an aromatic ring is 1. The van der Waals surface area contributed by atoms with E-state index < -0.39 is 4.92 Å². The molecule has 0 aliphatic rings. The van der Waals surface area contributed by atoms with Gasteiger partial charge in [0.15, 0.2) is 0 Å². The summed E-state index contributed by atoms with van der Waals surface area (Å²) in [5.41, 5.74) is 8.36. The van der Waals surface area contributed by atoms with Crippen LogP contribution in [0.5, 0.6) is 0 Å². The van der Waals surface area contributed by atoms with Gasteiger partial charge in [-0.15, -0.1) is 0 Å². The average molecular weight is 254 g/mol. The third-order valence-corrected chi connectivity index (χ3v) is 2.91. The molecule has 0 amide bonds. The molecule has 0 fully saturated rings. The first-order valence-corrected chi connectivity index (χ1v) is 5.64. The highest BCUT2D eigenvalue weighted by Crippen LogP contribution is 2.24. The van der Waals surface area contributed by atoms with Crippen molar-refractivity contribution in [2.24, 2.45) is 0 Å². The average Bonchev–Trinajstić information content (AvgIpc) is 2.74. The number of nitro groups is 1. The molecule has 0 bridgehead atoms. The van der Waals surface area contributed by atoms with Crippen molar-refractivity contribution in [1.82, 2.24) is 9.55 Å². The number of aromatic nitrogens is 2. The summed E-state index contributed by atoms with van der Waals surface area (Å²) in [4.78, 5) is 14.5. The van der Waals surface area contributed by atoms with Crippen molar-refractivity contribution in [2.75, 3.05) is 5.73 Å². The molecule has 6 nitrogen and oxygen atoms in total. The van der Waals surface area contributed by atoms with E-state index in [9.17, 15) is 10.1 Å². The molecule has 0 spiro atoms. The van der Waals surface area contributed by atoms with Crippen LogP contribution in [0.25, 0.3) is 16.7 Å². The number of hydrogen-bond acceptors (Lipinski definition) is 4. The van der Waals surface area contributed by atoms with Crippen LogP contribution >= 0.6 is 0 Å². The molecule has 2 N–H and O–H groups in total. The summed E-state index contributed by atoms with van der Waals surface area (Å²) < 4.78 is 1.76. The number of fused-ring (bicyclic) bond motifs is 1. The van der Waals surface area contributed by atoms with Gasteiger partial charge in [0.2, 0.25) is 5.95 Å². The Morgan fingerprint density at radius 2 is 1.79 bits per heavy atom. The molecule has 3 rings (SSSR count). The predicted octanol–water partition coefficient (Wildman–Crippen LogP) is 2.52. The molecule has 0 saturated carbocycles. The summed E-state index contributed by atoms with van der Waals surface area (Å²) in [6.07, 6.45) is 0. The SMILES string of the molecule is Nc1nc2ccccc2n1-c1ccc([N+](=O)[O-])cc1. The molecule has 0 aliphatic heterocycles. The zero-order chi connectivity index (χ0) is 13.4. The van der Waals surface area contributed by atoms with Gasteiger partial charge in [-0.3, -0.25) is 14.7 Å². The molecule has 19 heavy (non-hydrogen) atoms. The lowest BCUT2D eigenvalue weighted by molar-refractivity contribution is -0.384. The van der Waals surface area contributed by atoms with Crippen molar-refractivity contribution in [3.8, 4) is 5.69 Å². The first-order valence-electron chi connectivity index (χ1n) is 5.64. The molecule has 94 valence electrons. The minimum Gasteiger partial charge on any atom is -0.369 e. The summed E-state index contributed by atoms with van der Waals surface area (Å²) in [5, 5.41) is 10.6. The molecule has 0 atom stereocenters. The lowest BCUT2D eigenvalue weighted by Crippen LogP contribution is -2.00. The second kappa shape index (κ2) is 4.09. The van der Waals surface area contributed by atoms with Crippen LogP contribution < -0.4 is 5.73 Å². The molecule has 0 unspecified atom stereocenters. The van der Waals surface area contributed by atoms with Crippen LogP contribution in [-0.2, 0) is 0 Å². The van der Waals surface area contributed by atoms with E-state index >= 15 is 0 Å². The Morgan fingerprint density at radius 1 is 1.11 bits per heavy atom. The lowest BCUT2D eigenvalue weighted by atomic mass is 10.2. The number of benzene rings is 2. The highest BCUT2D eigenvalue weighted by Gasteiger charge is 2.11. The van der Waals surface area contributed by atoms with E-state index in [-0.39, 0.29) is 5.69 Å². The van der Waals surface area contributed by atoms with Gasteiger partial charge in [0, 0.05) is 17.8 Å². The minimum atomic E-state index is -0.431. The van der Waals surface area contributed by atoms with E-state index in [2.05, 4.69) is 4.98 Å². The largest absolute Gasteiger partial charge is 0.369 e. The Morgan fingerprint density at radius 3 is 2.47 bits per heavy atom. The number of imidazole rings is 1. The molecular formula is C13H10N4O2. The Hall–Kier alpha value is -2.89.